The molecule has 168 valence electrons. The van der Waals surface area contributed by atoms with Crippen LogP contribution in [-0.2, 0) is 21.2 Å². The Balaban J connectivity index is 1.81. The number of carbonyl (C=O) groups is 1. The van der Waals surface area contributed by atoms with Gasteiger partial charge in [-0.15, -0.1) is 0 Å². The lowest BCUT2D eigenvalue weighted by atomic mass is 10.2. The molecule has 1 aromatic heterocycles. The van der Waals surface area contributed by atoms with E-state index in [0.717, 1.165) is 23.9 Å². The van der Waals surface area contributed by atoms with E-state index in [4.69, 9.17) is 0 Å². The number of aryl methyl sites for hydroxylation is 1. The molecule has 0 aliphatic heterocycles. The number of aromatic nitrogens is 1. The van der Waals surface area contributed by atoms with Gasteiger partial charge in [-0.1, -0.05) is 17.7 Å². The number of nitrogens with one attached hydrogen (secondary N) is 1. The number of hydrogen-bond donors (Lipinski definition) is 1. The first-order chi connectivity index (χ1) is 15.6. The molecule has 0 unspecified atom stereocenters. The molecule has 33 heavy (non-hydrogen) atoms. The molecule has 0 spiro atoms. The van der Waals surface area contributed by atoms with Gasteiger partial charge < -0.3 is 9.88 Å². The van der Waals surface area contributed by atoms with Crippen molar-refractivity contribution in [2.75, 3.05) is 5.32 Å². The zero-order valence-electron chi connectivity index (χ0n) is 17.4. The molecule has 0 fully saturated rings. The number of rotatable bonds is 5. The fourth-order valence-electron chi connectivity index (χ4n) is 3.40. The van der Waals surface area contributed by atoms with Crippen molar-refractivity contribution in [3.8, 4) is 0 Å². The van der Waals surface area contributed by atoms with E-state index in [1.807, 2.05) is 0 Å². The van der Waals surface area contributed by atoms with Gasteiger partial charge in [-0.3, -0.25) is 9.59 Å². The van der Waals surface area contributed by atoms with Crippen LogP contribution in [0.1, 0.15) is 5.56 Å². The topological polar surface area (TPSA) is 85.2 Å². The van der Waals surface area contributed by atoms with Crippen LogP contribution in [0.25, 0.3) is 10.9 Å². The minimum atomic E-state index is -4.24. The highest BCUT2D eigenvalue weighted by Crippen LogP contribution is 2.22. The van der Waals surface area contributed by atoms with Gasteiger partial charge in [0.1, 0.15) is 23.1 Å². The van der Waals surface area contributed by atoms with Crippen LogP contribution in [0.3, 0.4) is 0 Å². The van der Waals surface area contributed by atoms with Crippen molar-refractivity contribution >= 4 is 32.3 Å². The van der Waals surface area contributed by atoms with Crippen molar-refractivity contribution in [2.24, 2.45) is 0 Å². The van der Waals surface area contributed by atoms with E-state index in [0.29, 0.717) is 5.69 Å². The number of halogens is 2. The largest absolute Gasteiger partial charge is 0.336 e. The Morgan fingerprint density at radius 3 is 2.24 bits per heavy atom. The molecule has 0 saturated heterocycles. The highest BCUT2D eigenvalue weighted by Gasteiger charge is 2.24. The Bertz CT molecular complexity index is 1530. The number of sulfone groups is 1. The fourth-order valence-corrected chi connectivity index (χ4v) is 4.77. The van der Waals surface area contributed by atoms with Gasteiger partial charge in [0.15, 0.2) is 0 Å². The summed E-state index contributed by atoms with van der Waals surface area (Å²) in [7, 11) is -4.24. The van der Waals surface area contributed by atoms with E-state index in [1.165, 1.54) is 47.0 Å². The second-order valence-corrected chi connectivity index (χ2v) is 9.40. The quantitative estimate of drug-likeness (QED) is 0.479. The van der Waals surface area contributed by atoms with E-state index < -0.39 is 37.7 Å². The van der Waals surface area contributed by atoms with Crippen molar-refractivity contribution in [2.45, 2.75) is 23.3 Å². The molecule has 1 amide bonds. The van der Waals surface area contributed by atoms with Gasteiger partial charge in [0, 0.05) is 17.3 Å². The molecule has 0 atom stereocenters. The predicted molar refractivity (Wildman–Crippen MR) is 120 cm³/mol. The molecule has 1 heterocycles. The second kappa shape index (κ2) is 8.59. The van der Waals surface area contributed by atoms with Gasteiger partial charge >= 0.3 is 0 Å². The molecule has 0 saturated carbocycles. The molecular weight excluding hydrogens is 450 g/mol. The molecular formula is C24H18F2N2O4S. The van der Waals surface area contributed by atoms with Gasteiger partial charge in [0.2, 0.25) is 21.2 Å². The molecule has 1 N–H and O–H groups in total. The first-order valence-corrected chi connectivity index (χ1v) is 11.3. The van der Waals surface area contributed by atoms with Crippen molar-refractivity contribution < 1.29 is 22.0 Å². The third-order valence-electron chi connectivity index (χ3n) is 5.07. The van der Waals surface area contributed by atoms with Crippen LogP contribution < -0.4 is 10.7 Å². The summed E-state index contributed by atoms with van der Waals surface area (Å²) in [5.74, 6) is -1.73. The van der Waals surface area contributed by atoms with Gasteiger partial charge in [-0.25, -0.2) is 17.2 Å². The van der Waals surface area contributed by atoms with Crippen LogP contribution in [0.5, 0.6) is 0 Å². The maximum atomic E-state index is 13.9. The fraction of sp³-hybridized carbons (Fsp3) is 0.0833. The van der Waals surface area contributed by atoms with E-state index in [9.17, 15) is 26.8 Å². The number of anilines is 1. The monoisotopic (exact) mass is 468 g/mol. The number of carbonyl (C=O) groups excluding carboxylic acids is 1. The highest BCUT2D eigenvalue weighted by atomic mass is 32.2. The molecule has 0 radical (unpaired) electrons. The summed E-state index contributed by atoms with van der Waals surface area (Å²) >= 11 is 0. The summed E-state index contributed by atoms with van der Waals surface area (Å²) in [5.41, 5.74) is 0.508. The van der Waals surface area contributed by atoms with Crippen molar-refractivity contribution in [1.29, 1.82) is 0 Å². The molecule has 6 nitrogen and oxygen atoms in total. The molecule has 3 aromatic carbocycles. The van der Waals surface area contributed by atoms with Crippen LogP contribution in [0.4, 0.5) is 14.5 Å². The third kappa shape index (κ3) is 4.54. The summed E-state index contributed by atoms with van der Waals surface area (Å²) in [5, 5.41) is 2.41. The zero-order chi connectivity index (χ0) is 23.8. The smallest absolute Gasteiger partial charge is 0.244 e. The summed E-state index contributed by atoms with van der Waals surface area (Å²) in [6, 6.07) is 14.4. The number of fused-ring (bicyclic) bond motifs is 1. The Morgan fingerprint density at radius 2 is 1.58 bits per heavy atom. The summed E-state index contributed by atoms with van der Waals surface area (Å²) < 4.78 is 54.7. The maximum Gasteiger partial charge on any atom is 0.244 e. The van der Waals surface area contributed by atoms with Crippen molar-refractivity contribution in [1.82, 2.24) is 4.57 Å². The van der Waals surface area contributed by atoms with Gasteiger partial charge in [-0.2, -0.15) is 0 Å². The average molecular weight is 468 g/mol. The molecule has 0 aliphatic carbocycles. The van der Waals surface area contributed by atoms with E-state index in [2.05, 4.69) is 5.32 Å². The number of benzene rings is 3. The Hall–Kier alpha value is -3.85. The molecule has 4 aromatic rings. The lowest BCUT2D eigenvalue weighted by Crippen LogP contribution is -2.24. The number of hydrogen-bond acceptors (Lipinski definition) is 4. The SMILES string of the molecule is Cc1ccc(S(=O)(=O)c2cn(CC(=O)Nc3ccc(F)cc3)c3ccc(F)cc3c2=O)cc1. The van der Waals surface area contributed by atoms with E-state index >= 15 is 0 Å². The first kappa shape index (κ1) is 22.3. The lowest BCUT2D eigenvalue weighted by molar-refractivity contribution is -0.116. The van der Waals surface area contributed by atoms with E-state index in [1.54, 1.807) is 19.1 Å². The van der Waals surface area contributed by atoms with Crippen LogP contribution in [-0.4, -0.2) is 18.9 Å². The van der Waals surface area contributed by atoms with Crippen LogP contribution in [0.15, 0.2) is 87.5 Å². The minimum absolute atomic E-state index is 0.0942. The minimum Gasteiger partial charge on any atom is -0.336 e. The van der Waals surface area contributed by atoms with E-state index in [-0.39, 0.29) is 22.3 Å². The average Bonchev–Trinajstić information content (AvgIpc) is 2.77. The van der Waals surface area contributed by atoms with Crippen LogP contribution >= 0.6 is 0 Å². The molecule has 0 aliphatic rings. The highest BCUT2D eigenvalue weighted by molar-refractivity contribution is 7.91. The number of nitrogens with zero attached hydrogens (tertiary/aromatic N) is 1. The molecule has 0 bridgehead atoms. The lowest BCUT2D eigenvalue weighted by Gasteiger charge is -2.14. The summed E-state index contributed by atoms with van der Waals surface area (Å²) in [6.07, 6.45) is 1.09. The van der Waals surface area contributed by atoms with Crippen LogP contribution in [0.2, 0.25) is 0 Å². The van der Waals surface area contributed by atoms with Gasteiger partial charge in [-0.05, 0) is 61.5 Å². The van der Waals surface area contributed by atoms with Gasteiger partial charge in [0.05, 0.1) is 10.4 Å². The normalized spacial score (nSPS) is 11.5. The van der Waals surface area contributed by atoms with Crippen LogP contribution in [0, 0.1) is 18.6 Å². The Labute approximate surface area is 188 Å². The number of amides is 1. The molecule has 4 rings (SSSR count). The Morgan fingerprint density at radius 1 is 0.939 bits per heavy atom. The van der Waals surface area contributed by atoms with Crippen molar-refractivity contribution in [3.63, 3.8) is 0 Å². The maximum absolute atomic E-state index is 13.9. The number of pyridine rings is 1. The standard InChI is InChI=1S/C24H18F2N2O4S/c1-15-2-9-19(10-3-15)33(31,32)22-13-28(21-11-6-17(26)12-20(21)24(22)30)14-23(29)27-18-7-4-16(25)5-8-18/h2-13H,14H2,1H3,(H,27,29). The predicted octanol–water partition coefficient (Wildman–Crippen LogP) is 4.06. The summed E-state index contributed by atoms with van der Waals surface area (Å²) in [6.45, 7) is 1.43. The summed E-state index contributed by atoms with van der Waals surface area (Å²) in [4.78, 5) is 25.0. The zero-order valence-corrected chi connectivity index (χ0v) is 18.2. The van der Waals surface area contributed by atoms with Gasteiger partial charge in [0.25, 0.3) is 0 Å². The van der Waals surface area contributed by atoms with Crippen molar-refractivity contribution in [3.05, 3.63) is 100 Å². The second-order valence-electron chi connectivity index (χ2n) is 7.48. The first-order valence-electron chi connectivity index (χ1n) is 9.85. The third-order valence-corrected chi connectivity index (χ3v) is 6.83. The molecule has 9 heteroatoms. The Kier molecular flexibility index (Phi) is 5.82.